The molecular formula is C42H42Cl2N6O4. The Kier molecular flexibility index (Phi) is 9.74. The van der Waals surface area contributed by atoms with E-state index in [4.69, 9.17) is 32.0 Å². The molecule has 12 heteroatoms. The molecule has 8 rings (SSSR count). The monoisotopic (exact) mass is 764 g/mol. The second-order valence-corrected chi connectivity index (χ2v) is 15.4. The van der Waals surface area contributed by atoms with E-state index >= 15 is 0 Å². The Balaban J connectivity index is 1.02. The summed E-state index contributed by atoms with van der Waals surface area (Å²) in [5.41, 5.74) is 7.53. The maximum Gasteiger partial charge on any atom is 0.298 e. The third-order valence-electron chi connectivity index (χ3n) is 10.8. The Bertz CT molecular complexity index is 2390. The molecule has 2 aliphatic heterocycles. The van der Waals surface area contributed by atoms with Crippen molar-refractivity contribution in [3.63, 3.8) is 0 Å². The zero-order chi connectivity index (χ0) is 37.7. The lowest BCUT2D eigenvalue weighted by Gasteiger charge is -2.28. The maximum atomic E-state index is 14.5. The van der Waals surface area contributed by atoms with Crippen LogP contribution < -0.4 is 9.80 Å². The Morgan fingerprint density at radius 1 is 0.630 bits per heavy atom. The zero-order valence-corrected chi connectivity index (χ0v) is 32.3. The van der Waals surface area contributed by atoms with Gasteiger partial charge in [0.25, 0.3) is 23.8 Å². The molecule has 2 fully saturated rings. The van der Waals surface area contributed by atoms with Gasteiger partial charge in [-0.1, -0.05) is 53.0 Å². The van der Waals surface area contributed by atoms with Crippen molar-refractivity contribution in [1.29, 1.82) is 0 Å². The smallest absolute Gasteiger partial charge is 0.298 e. The fraction of sp³-hybridized carbons (Fsp3) is 0.333. The summed E-state index contributed by atoms with van der Waals surface area (Å²) in [5.74, 6) is -0.0701. The lowest BCUT2D eigenvalue weighted by molar-refractivity contribution is 0.0697. The first-order valence-electron chi connectivity index (χ1n) is 18.5. The van der Waals surface area contributed by atoms with Gasteiger partial charge in [0.1, 0.15) is 11.0 Å². The normalized spacial score (nSPS) is 18.3. The quantitative estimate of drug-likeness (QED) is 0.172. The summed E-state index contributed by atoms with van der Waals surface area (Å²) in [4.78, 5) is 46.3. The average Bonchev–Trinajstić information content (AvgIpc) is 3.65. The van der Waals surface area contributed by atoms with Gasteiger partial charge in [-0.2, -0.15) is 9.97 Å². The molecule has 0 saturated carbocycles. The highest BCUT2D eigenvalue weighted by Crippen LogP contribution is 2.32. The minimum atomic E-state index is -0.0384. The van der Waals surface area contributed by atoms with Crippen LogP contribution >= 0.6 is 23.2 Å². The minimum Gasteiger partial charge on any atom is -0.423 e. The molecule has 278 valence electrons. The molecule has 0 bridgehead atoms. The molecule has 54 heavy (non-hydrogen) atoms. The summed E-state index contributed by atoms with van der Waals surface area (Å²) in [6.07, 6.45) is 1.51. The molecule has 6 aromatic rings. The molecule has 2 amide bonds. The van der Waals surface area contributed by atoms with Crippen LogP contribution in [0.25, 0.3) is 33.3 Å². The van der Waals surface area contributed by atoms with Crippen molar-refractivity contribution in [1.82, 2.24) is 19.8 Å². The van der Waals surface area contributed by atoms with Gasteiger partial charge in [-0.05, 0) is 106 Å². The number of fused-ring (bicyclic) bond motifs is 2. The molecule has 0 radical (unpaired) electrons. The summed E-state index contributed by atoms with van der Waals surface area (Å²) in [7, 11) is 0. The standard InChI is InChI=1S/C42H42Cl2N6O4/c1-25-5-10-32(34(21-25)40(52)50-20-18-48(16-14-28(50)4)42-46-36-24-31(44)9-12-38(36)54-42)29-7-6-26(2)33(22-29)39(51)49-19-17-47(15-13-27(49)3)41-45-35-23-30(43)8-11-37(35)53-41/h5-12,21-24,27-28H,13-20H2,1-4H3/t27-,28-/m1/s1. The van der Waals surface area contributed by atoms with Crippen molar-refractivity contribution in [2.75, 3.05) is 49.1 Å². The highest BCUT2D eigenvalue weighted by atomic mass is 35.5. The fourth-order valence-corrected chi connectivity index (χ4v) is 7.90. The van der Waals surface area contributed by atoms with Crippen LogP contribution in [-0.4, -0.2) is 82.9 Å². The Morgan fingerprint density at radius 3 is 1.72 bits per heavy atom. The van der Waals surface area contributed by atoms with Crippen LogP contribution in [0.15, 0.2) is 81.6 Å². The van der Waals surface area contributed by atoms with Crippen LogP contribution in [-0.2, 0) is 0 Å². The molecule has 0 aliphatic carbocycles. The van der Waals surface area contributed by atoms with E-state index in [1.165, 1.54) is 0 Å². The zero-order valence-electron chi connectivity index (χ0n) is 30.8. The van der Waals surface area contributed by atoms with Crippen molar-refractivity contribution in [3.05, 3.63) is 105 Å². The maximum absolute atomic E-state index is 14.5. The van der Waals surface area contributed by atoms with Crippen molar-refractivity contribution >= 4 is 69.2 Å². The van der Waals surface area contributed by atoms with Gasteiger partial charge in [-0.25, -0.2) is 0 Å². The molecule has 0 spiro atoms. The average molecular weight is 766 g/mol. The number of hydrogen-bond donors (Lipinski definition) is 0. The fourth-order valence-electron chi connectivity index (χ4n) is 7.57. The van der Waals surface area contributed by atoms with Gasteiger partial charge in [-0.3, -0.25) is 9.59 Å². The van der Waals surface area contributed by atoms with E-state index in [-0.39, 0.29) is 23.9 Å². The number of halogens is 2. The summed E-state index contributed by atoms with van der Waals surface area (Å²) in [6, 6.07) is 23.8. The molecule has 2 aliphatic rings. The van der Waals surface area contributed by atoms with E-state index in [0.29, 0.717) is 94.7 Å². The summed E-state index contributed by atoms with van der Waals surface area (Å²) >= 11 is 12.4. The van der Waals surface area contributed by atoms with E-state index in [9.17, 15) is 9.59 Å². The number of benzene rings is 4. The van der Waals surface area contributed by atoms with Gasteiger partial charge in [0.15, 0.2) is 11.2 Å². The van der Waals surface area contributed by atoms with Gasteiger partial charge in [0, 0.05) is 72.5 Å². The van der Waals surface area contributed by atoms with E-state index in [2.05, 4.69) is 33.6 Å². The summed E-state index contributed by atoms with van der Waals surface area (Å²) < 4.78 is 12.1. The molecule has 0 unspecified atom stereocenters. The molecule has 2 aromatic heterocycles. The third kappa shape index (κ3) is 7.00. The van der Waals surface area contributed by atoms with Crippen LogP contribution in [0.4, 0.5) is 12.0 Å². The van der Waals surface area contributed by atoms with Gasteiger partial charge in [-0.15, -0.1) is 0 Å². The van der Waals surface area contributed by atoms with Gasteiger partial charge >= 0.3 is 0 Å². The Morgan fingerprint density at radius 2 is 1.17 bits per heavy atom. The van der Waals surface area contributed by atoms with Crippen molar-refractivity contribution in [2.45, 2.75) is 52.6 Å². The predicted molar refractivity (Wildman–Crippen MR) is 214 cm³/mol. The second-order valence-electron chi connectivity index (χ2n) is 14.5. The first-order valence-corrected chi connectivity index (χ1v) is 19.2. The van der Waals surface area contributed by atoms with E-state index in [0.717, 1.165) is 35.1 Å². The molecular weight excluding hydrogens is 723 g/mol. The topological polar surface area (TPSA) is 99.2 Å². The van der Waals surface area contributed by atoms with Crippen molar-refractivity contribution in [2.24, 2.45) is 0 Å². The van der Waals surface area contributed by atoms with E-state index in [1.54, 1.807) is 24.3 Å². The Labute approximate surface area is 324 Å². The lowest BCUT2D eigenvalue weighted by Crippen LogP contribution is -2.40. The van der Waals surface area contributed by atoms with Crippen LogP contribution in [0, 0.1) is 13.8 Å². The molecule has 2 atom stereocenters. The number of carbonyl (C=O) groups is 2. The molecule has 4 aromatic carbocycles. The van der Waals surface area contributed by atoms with Crippen LogP contribution in [0.1, 0.15) is 58.5 Å². The van der Waals surface area contributed by atoms with E-state index < -0.39 is 0 Å². The van der Waals surface area contributed by atoms with E-state index in [1.807, 2.05) is 72.2 Å². The number of aryl methyl sites for hydroxylation is 2. The number of amides is 2. The Hall–Kier alpha value is -5.06. The predicted octanol–water partition coefficient (Wildman–Crippen LogP) is 9.04. The minimum absolute atomic E-state index is 0.00227. The van der Waals surface area contributed by atoms with Crippen molar-refractivity contribution < 1.29 is 18.4 Å². The first kappa shape index (κ1) is 35.9. The second kappa shape index (κ2) is 14.6. The van der Waals surface area contributed by atoms with Crippen LogP contribution in [0.2, 0.25) is 10.0 Å². The first-order chi connectivity index (χ1) is 26.0. The number of rotatable bonds is 5. The molecule has 2 saturated heterocycles. The van der Waals surface area contributed by atoms with Gasteiger partial charge < -0.3 is 28.4 Å². The summed E-state index contributed by atoms with van der Waals surface area (Å²) in [6.45, 7) is 11.7. The highest BCUT2D eigenvalue weighted by molar-refractivity contribution is 6.31. The number of carbonyl (C=O) groups excluding carboxylic acids is 2. The SMILES string of the molecule is Cc1ccc(-c2ccc(C)c(C(=O)N3CCN(c4nc5cc(Cl)ccc5o4)CC[C@H]3C)c2)c(C(=O)N2CCN(c3nc4cc(Cl)ccc4o3)CC[C@H]2C)c1. The molecule has 0 N–H and O–H groups in total. The van der Waals surface area contributed by atoms with Crippen LogP contribution in [0.3, 0.4) is 0 Å². The van der Waals surface area contributed by atoms with Gasteiger partial charge in [0.05, 0.1) is 0 Å². The number of oxazole rings is 2. The number of hydrogen-bond acceptors (Lipinski definition) is 8. The molecule has 10 nitrogen and oxygen atoms in total. The molecule has 4 heterocycles. The largest absolute Gasteiger partial charge is 0.423 e. The number of nitrogens with zero attached hydrogens (tertiary/aromatic N) is 6. The summed E-state index contributed by atoms with van der Waals surface area (Å²) in [5, 5.41) is 1.21. The third-order valence-corrected chi connectivity index (χ3v) is 11.3. The highest BCUT2D eigenvalue weighted by Gasteiger charge is 2.31. The number of aromatic nitrogens is 2. The lowest BCUT2D eigenvalue weighted by atomic mass is 9.93. The van der Waals surface area contributed by atoms with Gasteiger partial charge in [0.2, 0.25) is 0 Å². The van der Waals surface area contributed by atoms with Crippen molar-refractivity contribution in [3.8, 4) is 11.1 Å². The van der Waals surface area contributed by atoms with Crippen LogP contribution in [0.5, 0.6) is 0 Å². The number of anilines is 2.